The highest BCUT2D eigenvalue weighted by Gasteiger charge is 2.22. The number of nitrogens with zero attached hydrogens (tertiary/aromatic N) is 4. The van der Waals surface area contributed by atoms with Gasteiger partial charge in [-0.15, -0.1) is 0 Å². The fourth-order valence-electron chi connectivity index (χ4n) is 4.01. The first-order chi connectivity index (χ1) is 16.4. The molecule has 0 amide bonds. The zero-order valence-corrected chi connectivity index (χ0v) is 18.5. The van der Waals surface area contributed by atoms with E-state index in [9.17, 15) is 14.3 Å². The number of hydrogen-bond acceptors (Lipinski definition) is 5. The summed E-state index contributed by atoms with van der Waals surface area (Å²) >= 11 is 0. The highest BCUT2D eigenvalue weighted by molar-refractivity contribution is 5.96. The summed E-state index contributed by atoms with van der Waals surface area (Å²) in [5.74, 6) is -1.30. The summed E-state index contributed by atoms with van der Waals surface area (Å²) in [4.78, 5) is 20.6. The van der Waals surface area contributed by atoms with E-state index in [1.807, 2.05) is 56.3 Å². The topological polar surface area (TPSA) is 92.9 Å². The molecule has 168 valence electrons. The number of nitrogens with one attached hydrogen (secondary N) is 1. The summed E-state index contributed by atoms with van der Waals surface area (Å²) in [6.07, 6.45) is 3.27. The molecule has 5 aromatic rings. The minimum atomic E-state index is -1.23. The maximum Gasteiger partial charge on any atom is 0.337 e. The number of rotatable bonds is 5. The number of fused-ring (bicyclic) bond motifs is 1. The van der Waals surface area contributed by atoms with Gasteiger partial charge in [0, 0.05) is 18.0 Å². The van der Waals surface area contributed by atoms with Crippen LogP contribution < -0.4 is 5.32 Å². The molecule has 0 spiro atoms. The van der Waals surface area contributed by atoms with Gasteiger partial charge >= 0.3 is 5.97 Å². The summed E-state index contributed by atoms with van der Waals surface area (Å²) < 4.78 is 15.6. The van der Waals surface area contributed by atoms with Gasteiger partial charge in [0.05, 0.1) is 33.7 Å². The molecule has 2 N–H and O–H groups in total. The molecule has 0 saturated heterocycles. The SMILES string of the molecule is Cc1ccccc1-n1nc(C)c(-c2ccc3nccnc3c2)c1Nc1ccc(F)cc1C(=O)O. The molecule has 0 bridgehead atoms. The molecule has 0 fully saturated rings. The lowest BCUT2D eigenvalue weighted by atomic mass is 10.0. The number of carbonyl (C=O) groups is 1. The first-order valence-electron chi connectivity index (χ1n) is 10.6. The molecule has 0 atom stereocenters. The molecule has 0 aliphatic heterocycles. The Bertz CT molecular complexity index is 1560. The highest BCUT2D eigenvalue weighted by atomic mass is 19.1. The molecule has 0 unspecified atom stereocenters. The van der Waals surface area contributed by atoms with Crippen LogP contribution in [0, 0.1) is 19.7 Å². The van der Waals surface area contributed by atoms with Gasteiger partial charge in [0.15, 0.2) is 0 Å². The summed E-state index contributed by atoms with van der Waals surface area (Å²) in [6.45, 7) is 3.86. The van der Waals surface area contributed by atoms with E-state index < -0.39 is 11.8 Å². The van der Waals surface area contributed by atoms with Crippen LogP contribution in [0.25, 0.3) is 27.8 Å². The number of carboxylic acid groups (broad SMARTS) is 1. The van der Waals surface area contributed by atoms with Crippen molar-refractivity contribution in [2.24, 2.45) is 0 Å². The van der Waals surface area contributed by atoms with E-state index in [4.69, 9.17) is 5.10 Å². The first kappa shape index (κ1) is 21.3. The van der Waals surface area contributed by atoms with E-state index in [0.717, 1.165) is 45.2 Å². The molecule has 0 aliphatic carbocycles. The zero-order valence-electron chi connectivity index (χ0n) is 18.5. The molecular weight excluding hydrogens is 433 g/mol. The minimum absolute atomic E-state index is 0.175. The maximum atomic E-state index is 13.8. The third-order valence-electron chi connectivity index (χ3n) is 5.63. The standard InChI is InChI=1S/C26H20FN5O2/c1-15-5-3-4-6-23(15)32-25(30-20-10-8-18(27)14-19(20)26(33)34)24(16(2)31-32)17-7-9-21-22(13-17)29-12-11-28-21/h3-14,30H,1-2H3,(H,33,34). The monoisotopic (exact) mass is 453 g/mol. The predicted molar refractivity (Wildman–Crippen MR) is 128 cm³/mol. The summed E-state index contributed by atoms with van der Waals surface area (Å²) in [5.41, 5.74) is 5.73. The minimum Gasteiger partial charge on any atom is -0.478 e. The number of aromatic nitrogens is 4. The summed E-state index contributed by atoms with van der Waals surface area (Å²) in [7, 11) is 0. The van der Waals surface area contributed by atoms with Crippen LogP contribution in [0.2, 0.25) is 0 Å². The molecule has 0 radical (unpaired) electrons. The van der Waals surface area contributed by atoms with Crippen LogP contribution in [-0.2, 0) is 0 Å². The Kier molecular flexibility index (Phi) is 5.25. The van der Waals surface area contributed by atoms with Crippen molar-refractivity contribution in [3.05, 3.63) is 95.7 Å². The van der Waals surface area contributed by atoms with Crippen molar-refractivity contribution in [1.82, 2.24) is 19.7 Å². The second kappa shape index (κ2) is 8.40. The molecular formula is C26H20FN5O2. The maximum absolute atomic E-state index is 13.8. The Morgan fingerprint density at radius 2 is 1.74 bits per heavy atom. The number of para-hydroxylation sites is 1. The van der Waals surface area contributed by atoms with Gasteiger partial charge < -0.3 is 10.4 Å². The van der Waals surface area contributed by atoms with Gasteiger partial charge in [0.2, 0.25) is 0 Å². The Hall–Kier alpha value is -4.59. The molecule has 8 heteroatoms. The van der Waals surface area contributed by atoms with Crippen molar-refractivity contribution < 1.29 is 14.3 Å². The molecule has 7 nitrogen and oxygen atoms in total. The normalized spacial score (nSPS) is 11.0. The second-order valence-corrected chi connectivity index (χ2v) is 7.89. The number of hydrogen-bond donors (Lipinski definition) is 2. The van der Waals surface area contributed by atoms with E-state index >= 15 is 0 Å². The van der Waals surface area contributed by atoms with Crippen molar-refractivity contribution in [2.75, 3.05) is 5.32 Å². The number of anilines is 2. The summed E-state index contributed by atoms with van der Waals surface area (Å²) in [5, 5.41) is 17.7. The zero-order chi connectivity index (χ0) is 23.8. The average Bonchev–Trinajstić information content (AvgIpc) is 3.15. The van der Waals surface area contributed by atoms with Gasteiger partial charge in [-0.2, -0.15) is 5.10 Å². The van der Waals surface area contributed by atoms with Crippen molar-refractivity contribution in [3.63, 3.8) is 0 Å². The molecule has 5 rings (SSSR count). The fourth-order valence-corrected chi connectivity index (χ4v) is 4.01. The smallest absolute Gasteiger partial charge is 0.337 e. The van der Waals surface area contributed by atoms with E-state index in [1.54, 1.807) is 17.1 Å². The largest absolute Gasteiger partial charge is 0.478 e. The van der Waals surface area contributed by atoms with E-state index in [1.165, 1.54) is 12.1 Å². The van der Waals surface area contributed by atoms with Gasteiger partial charge in [-0.25, -0.2) is 13.9 Å². The lowest BCUT2D eigenvalue weighted by molar-refractivity contribution is 0.0697. The van der Waals surface area contributed by atoms with Crippen LogP contribution in [-0.4, -0.2) is 30.8 Å². The van der Waals surface area contributed by atoms with Crippen LogP contribution in [0.5, 0.6) is 0 Å². The van der Waals surface area contributed by atoms with Crippen LogP contribution in [0.1, 0.15) is 21.6 Å². The average molecular weight is 453 g/mol. The van der Waals surface area contributed by atoms with Gasteiger partial charge in [-0.05, 0) is 61.4 Å². The fraction of sp³-hybridized carbons (Fsp3) is 0.0769. The predicted octanol–water partition coefficient (Wildman–Crippen LogP) is 5.68. The highest BCUT2D eigenvalue weighted by Crippen LogP contribution is 2.37. The number of aryl methyl sites for hydroxylation is 2. The van der Waals surface area contributed by atoms with Crippen LogP contribution in [0.3, 0.4) is 0 Å². The van der Waals surface area contributed by atoms with Crippen molar-refractivity contribution >= 4 is 28.5 Å². The quantitative estimate of drug-likeness (QED) is 0.356. The van der Waals surface area contributed by atoms with Crippen molar-refractivity contribution in [3.8, 4) is 16.8 Å². The third kappa shape index (κ3) is 3.75. The number of halogens is 1. The van der Waals surface area contributed by atoms with Gasteiger partial charge in [0.25, 0.3) is 0 Å². The Morgan fingerprint density at radius 1 is 0.971 bits per heavy atom. The number of carboxylic acids is 1. The Balaban J connectivity index is 1.76. The number of aromatic carboxylic acids is 1. The number of benzene rings is 3. The Morgan fingerprint density at radius 3 is 2.50 bits per heavy atom. The first-order valence-corrected chi connectivity index (χ1v) is 10.6. The van der Waals surface area contributed by atoms with Crippen molar-refractivity contribution in [1.29, 1.82) is 0 Å². The van der Waals surface area contributed by atoms with E-state index in [-0.39, 0.29) is 11.3 Å². The molecule has 0 aliphatic rings. The summed E-state index contributed by atoms with van der Waals surface area (Å²) in [6, 6.07) is 17.1. The lowest BCUT2D eigenvalue weighted by Gasteiger charge is -2.16. The van der Waals surface area contributed by atoms with Gasteiger partial charge in [-0.1, -0.05) is 24.3 Å². The molecule has 2 heterocycles. The van der Waals surface area contributed by atoms with E-state index in [2.05, 4.69) is 15.3 Å². The lowest BCUT2D eigenvalue weighted by Crippen LogP contribution is -2.08. The third-order valence-corrected chi connectivity index (χ3v) is 5.63. The van der Waals surface area contributed by atoms with E-state index in [0.29, 0.717) is 5.82 Å². The molecule has 2 aromatic heterocycles. The molecule has 3 aromatic carbocycles. The second-order valence-electron chi connectivity index (χ2n) is 7.89. The molecule has 34 heavy (non-hydrogen) atoms. The van der Waals surface area contributed by atoms with Crippen LogP contribution in [0.15, 0.2) is 73.1 Å². The van der Waals surface area contributed by atoms with Gasteiger partial charge in [-0.3, -0.25) is 9.97 Å². The van der Waals surface area contributed by atoms with Crippen LogP contribution >= 0.6 is 0 Å². The Labute approximate surface area is 194 Å². The van der Waals surface area contributed by atoms with Crippen LogP contribution in [0.4, 0.5) is 15.9 Å². The van der Waals surface area contributed by atoms with Gasteiger partial charge in [0.1, 0.15) is 11.6 Å². The molecule has 0 saturated carbocycles. The van der Waals surface area contributed by atoms with Crippen molar-refractivity contribution in [2.45, 2.75) is 13.8 Å².